The maximum atomic E-state index is 14.1. The Bertz CT molecular complexity index is 664. The van der Waals surface area contributed by atoms with E-state index in [1.807, 2.05) is 13.0 Å². The third kappa shape index (κ3) is 3.43. The Morgan fingerprint density at radius 3 is 2.67 bits per heavy atom. The van der Waals surface area contributed by atoms with Gasteiger partial charge in [-0.3, -0.25) is 11.3 Å². The SMILES string of the molecule is Cc1c(Cl)cccc1C(Cc1c(F)ccc(Br)c1F)NN. The minimum Gasteiger partial charge on any atom is -0.271 e. The van der Waals surface area contributed by atoms with E-state index < -0.39 is 17.7 Å². The predicted octanol–water partition coefficient (Wildman–Crippen LogP) is 4.44. The molecule has 0 spiro atoms. The molecule has 0 amide bonds. The van der Waals surface area contributed by atoms with Gasteiger partial charge < -0.3 is 0 Å². The lowest BCUT2D eigenvalue weighted by atomic mass is 9.95. The van der Waals surface area contributed by atoms with Crippen LogP contribution in [0.1, 0.15) is 22.7 Å². The van der Waals surface area contributed by atoms with Crippen LogP contribution < -0.4 is 11.3 Å². The van der Waals surface area contributed by atoms with Crippen molar-refractivity contribution in [2.75, 3.05) is 0 Å². The van der Waals surface area contributed by atoms with Gasteiger partial charge in [0.05, 0.1) is 10.5 Å². The van der Waals surface area contributed by atoms with Crippen LogP contribution in [0.15, 0.2) is 34.8 Å². The van der Waals surface area contributed by atoms with Crippen molar-refractivity contribution in [2.45, 2.75) is 19.4 Å². The Hall–Kier alpha value is -1.01. The zero-order valence-electron chi connectivity index (χ0n) is 11.3. The summed E-state index contributed by atoms with van der Waals surface area (Å²) in [7, 11) is 0. The van der Waals surface area contributed by atoms with Crippen LogP contribution in [0.2, 0.25) is 5.02 Å². The second-order valence-electron chi connectivity index (χ2n) is 4.70. The van der Waals surface area contributed by atoms with Gasteiger partial charge in [0.1, 0.15) is 11.6 Å². The lowest BCUT2D eigenvalue weighted by molar-refractivity contribution is 0.496. The lowest BCUT2D eigenvalue weighted by Crippen LogP contribution is -2.30. The highest BCUT2D eigenvalue weighted by atomic mass is 79.9. The Morgan fingerprint density at radius 1 is 1.29 bits per heavy atom. The summed E-state index contributed by atoms with van der Waals surface area (Å²) in [5.74, 6) is 4.34. The topological polar surface area (TPSA) is 38.0 Å². The highest BCUT2D eigenvalue weighted by Gasteiger charge is 2.20. The molecule has 2 rings (SSSR count). The molecule has 2 aromatic rings. The van der Waals surface area contributed by atoms with Crippen LogP contribution in [-0.2, 0) is 6.42 Å². The van der Waals surface area contributed by atoms with Crippen molar-refractivity contribution >= 4 is 27.5 Å². The molecule has 112 valence electrons. The normalized spacial score (nSPS) is 12.5. The molecular weight excluding hydrogens is 362 g/mol. The molecule has 2 nitrogen and oxygen atoms in total. The van der Waals surface area contributed by atoms with Crippen molar-refractivity contribution in [2.24, 2.45) is 5.84 Å². The molecule has 0 aromatic heterocycles. The van der Waals surface area contributed by atoms with Gasteiger partial charge in [0.15, 0.2) is 0 Å². The summed E-state index contributed by atoms with van der Waals surface area (Å²) < 4.78 is 28.2. The third-order valence-corrected chi connectivity index (χ3v) is 4.46. The Morgan fingerprint density at radius 2 is 2.00 bits per heavy atom. The fourth-order valence-corrected chi connectivity index (χ4v) is 2.77. The highest BCUT2D eigenvalue weighted by molar-refractivity contribution is 9.10. The van der Waals surface area contributed by atoms with Crippen molar-refractivity contribution in [3.8, 4) is 0 Å². The zero-order valence-corrected chi connectivity index (χ0v) is 13.6. The van der Waals surface area contributed by atoms with E-state index in [0.29, 0.717) is 5.02 Å². The smallest absolute Gasteiger partial charge is 0.143 e. The Balaban J connectivity index is 2.41. The van der Waals surface area contributed by atoms with Crippen LogP contribution in [0.25, 0.3) is 0 Å². The molecule has 0 saturated carbocycles. The molecule has 0 aliphatic rings. The third-order valence-electron chi connectivity index (χ3n) is 3.43. The largest absolute Gasteiger partial charge is 0.271 e. The van der Waals surface area contributed by atoms with Crippen molar-refractivity contribution in [3.05, 3.63) is 68.2 Å². The van der Waals surface area contributed by atoms with Crippen LogP contribution in [0.4, 0.5) is 8.78 Å². The summed E-state index contributed by atoms with van der Waals surface area (Å²) in [6.07, 6.45) is 0.0782. The standard InChI is InChI=1S/C15H14BrClF2N2/c1-8-9(3-2-4-12(8)17)14(21-20)7-10-13(18)6-5-11(16)15(10)19/h2-6,14,21H,7,20H2,1H3. The van der Waals surface area contributed by atoms with Crippen molar-refractivity contribution in [3.63, 3.8) is 0 Å². The minimum atomic E-state index is -0.616. The summed E-state index contributed by atoms with van der Waals surface area (Å²) in [4.78, 5) is 0. The maximum Gasteiger partial charge on any atom is 0.143 e. The lowest BCUT2D eigenvalue weighted by Gasteiger charge is -2.20. The van der Waals surface area contributed by atoms with E-state index in [1.165, 1.54) is 12.1 Å². The first-order chi connectivity index (χ1) is 9.95. The fraction of sp³-hybridized carbons (Fsp3) is 0.200. The molecule has 3 N–H and O–H groups in total. The molecule has 1 atom stereocenters. The molecule has 6 heteroatoms. The Labute approximate surface area is 135 Å². The predicted molar refractivity (Wildman–Crippen MR) is 84.0 cm³/mol. The molecule has 2 aromatic carbocycles. The molecule has 0 bridgehead atoms. The number of halogens is 4. The van der Waals surface area contributed by atoms with Gasteiger partial charge in [0.2, 0.25) is 0 Å². The van der Waals surface area contributed by atoms with E-state index in [0.717, 1.165) is 11.1 Å². The molecule has 0 radical (unpaired) electrons. The molecule has 0 fully saturated rings. The Kier molecular flexibility index (Phi) is 5.32. The van der Waals surface area contributed by atoms with Crippen LogP contribution in [0.3, 0.4) is 0 Å². The number of nitrogens with two attached hydrogens (primary N) is 1. The monoisotopic (exact) mass is 374 g/mol. The molecule has 0 aliphatic heterocycles. The molecule has 0 heterocycles. The van der Waals surface area contributed by atoms with Crippen molar-refractivity contribution in [1.82, 2.24) is 5.43 Å². The second kappa shape index (κ2) is 6.83. The summed E-state index contributed by atoms with van der Waals surface area (Å²) in [6.45, 7) is 1.84. The van der Waals surface area contributed by atoms with Crippen LogP contribution in [0, 0.1) is 18.6 Å². The summed E-state index contributed by atoms with van der Waals surface area (Å²) >= 11 is 9.14. The van der Waals surface area contributed by atoms with Crippen LogP contribution in [-0.4, -0.2) is 0 Å². The van der Waals surface area contributed by atoms with Gasteiger partial charge in [-0.25, -0.2) is 8.78 Å². The summed E-state index contributed by atoms with van der Waals surface area (Å²) in [5.41, 5.74) is 4.22. The summed E-state index contributed by atoms with van der Waals surface area (Å²) in [6, 6.07) is 7.49. The average Bonchev–Trinajstić information content (AvgIpc) is 2.47. The summed E-state index contributed by atoms with van der Waals surface area (Å²) in [5, 5.41) is 0.586. The number of benzene rings is 2. The minimum absolute atomic E-state index is 0.0216. The van der Waals surface area contributed by atoms with E-state index >= 15 is 0 Å². The first-order valence-corrected chi connectivity index (χ1v) is 7.46. The van der Waals surface area contributed by atoms with Gasteiger partial charge in [-0.05, 0) is 58.6 Å². The highest BCUT2D eigenvalue weighted by Crippen LogP contribution is 2.29. The molecule has 0 saturated heterocycles. The van der Waals surface area contributed by atoms with Gasteiger partial charge in [0.25, 0.3) is 0 Å². The number of hydrogen-bond donors (Lipinski definition) is 2. The van der Waals surface area contributed by atoms with Gasteiger partial charge in [-0.1, -0.05) is 23.7 Å². The van der Waals surface area contributed by atoms with E-state index in [1.54, 1.807) is 12.1 Å². The van der Waals surface area contributed by atoms with Gasteiger partial charge in [0, 0.05) is 10.6 Å². The average molecular weight is 376 g/mol. The fourth-order valence-electron chi connectivity index (χ4n) is 2.22. The number of nitrogens with one attached hydrogen (secondary N) is 1. The van der Waals surface area contributed by atoms with Gasteiger partial charge in [-0.2, -0.15) is 0 Å². The van der Waals surface area contributed by atoms with Crippen LogP contribution >= 0.6 is 27.5 Å². The van der Waals surface area contributed by atoms with Crippen molar-refractivity contribution < 1.29 is 8.78 Å². The molecule has 0 aliphatic carbocycles. The second-order valence-corrected chi connectivity index (χ2v) is 5.96. The van der Waals surface area contributed by atoms with Gasteiger partial charge >= 0.3 is 0 Å². The van der Waals surface area contributed by atoms with E-state index in [2.05, 4.69) is 21.4 Å². The van der Waals surface area contributed by atoms with E-state index in [9.17, 15) is 8.78 Å². The molecule has 1 unspecified atom stereocenters. The molecule has 21 heavy (non-hydrogen) atoms. The van der Waals surface area contributed by atoms with Crippen molar-refractivity contribution in [1.29, 1.82) is 0 Å². The van der Waals surface area contributed by atoms with Gasteiger partial charge in [-0.15, -0.1) is 0 Å². The van der Waals surface area contributed by atoms with E-state index in [4.69, 9.17) is 17.4 Å². The number of hydrogen-bond acceptors (Lipinski definition) is 2. The first kappa shape index (κ1) is 16.4. The molecular formula is C15H14BrClF2N2. The number of hydrazine groups is 1. The zero-order chi connectivity index (χ0) is 15.6. The number of rotatable bonds is 4. The maximum absolute atomic E-state index is 14.1. The quantitative estimate of drug-likeness (QED) is 0.471. The van der Waals surface area contributed by atoms with Crippen LogP contribution in [0.5, 0.6) is 0 Å². The van der Waals surface area contributed by atoms with E-state index in [-0.39, 0.29) is 16.5 Å². The first-order valence-electron chi connectivity index (χ1n) is 6.29.